The molecule has 0 aliphatic heterocycles. The average molecular weight is 390 g/mol. The van der Waals surface area contributed by atoms with Crippen molar-refractivity contribution in [1.82, 2.24) is 0 Å². The van der Waals surface area contributed by atoms with Crippen molar-refractivity contribution in [3.05, 3.63) is 0 Å². The van der Waals surface area contributed by atoms with Gasteiger partial charge in [0.1, 0.15) is 0 Å². The molecule has 0 spiro atoms. The molecule has 0 saturated heterocycles. The summed E-state index contributed by atoms with van der Waals surface area (Å²) in [5.74, 6) is -1.95. The predicted molar refractivity (Wildman–Crippen MR) is 91.3 cm³/mol. The topological polar surface area (TPSA) is 107 Å². The van der Waals surface area contributed by atoms with Crippen LogP contribution >= 0.6 is 0 Å². The molecule has 0 aliphatic rings. The van der Waals surface area contributed by atoms with Crippen LogP contribution in [0, 0.1) is 0 Å². The number of carbonyl (C=O) groups excluding carboxylic acids is 2. The van der Waals surface area contributed by atoms with Gasteiger partial charge in [-0.15, -0.1) is 0 Å². The summed E-state index contributed by atoms with van der Waals surface area (Å²) >= 11 is 0. The van der Waals surface area contributed by atoms with E-state index in [0.717, 1.165) is 38.5 Å². The summed E-state index contributed by atoms with van der Waals surface area (Å²) in [7, 11) is -4.72. The maximum Gasteiger partial charge on any atom is 1.00 e. The first kappa shape index (κ1) is 27.1. The van der Waals surface area contributed by atoms with E-state index < -0.39 is 33.7 Å². The van der Waals surface area contributed by atoms with Crippen LogP contribution < -0.4 is 29.6 Å². The van der Waals surface area contributed by atoms with Crippen LogP contribution in [0.25, 0.3) is 0 Å². The normalized spacial score (nSPS) is 12.1. The number of unbranched alkanes of at least 4 members (excludes halogenated alkanes) is 6. The van der Waals surface area contributed by atoms with Crippen LogP contribution in [0.4, 0.5) is 0 Å². The maximum absolute atomic E-state index is 11.8. The largest absolute Gasteiger partial charge is 1.00 e. The van der Waals surface area contributed by atoms with Crippen molar-refractivity contribution in [1.29, 1.82) is 0 Å². The zero-order valence-corrected chi connectivity index (χ0v) is 18.5. The second kappa shape index (κ2) is 16.1. The Morgan fingerprint density at radius 1 is 0.920 bits per heavy atom. The summed E-state index contributed by atoms with van der Waals surface area (Å²) in [5, 5.41) is -1.92. The van der Waals surface area contributed by atoms with E-state index in [1.165, 1.54) is 0 Å². The number of hydrogen-bond donors (Lipinski definition) is 1. The van der Waals surface area contributed by atoms with E-state index in [1.54, 1.807) is 0 Å². The van der Waals surface area contributed by atoms with E-state index in [9.17, 15) is 18.0 Å². The molecule has 0 fully saturated rings. The number of hydrogen-bond acceptors (Lipinski definition) is 6. The molecule has 0 aromatic carbocycles. The fourth-order valence-corrected chi connectivity index (χ4v) is 2.69. The summed E-state index contributed by atoms with van der Waals surface area (Å²) in [6, 6.07) is 0. The number of carbonyl (C=O) groups is 2. The van der Waals surface area contributed by atoms with Crippen molar-refractivity contribution in [3.63, 3.8) is 0 Å². The Kier molecular flexibility index (Phi) is 17.4. The molecule has 1 N–H and O–H groups in total. The van der Waals surface area contributed by atoms with E-state index in [-0.39, 0.29) is 44.2 Å². The zero-order valence-electron chi connectivity index (χ0n) is 16.7. The quantitative estimate of drug-likeness (QED) is 0.192. The molecule has 0 rings (SSSR count). The average Bonchev–Trinajstić information content (AvgIpc) is 2.51. The summed E-state index contributed by atoms with van der Waals surface area (Å²) in [4.78, 5) is 23.5. The van der Waals surface area contributed by atoms with Crippen LogP contribution in [0.3, 0.4) is 0 Å². The minimum atomic E-state index is -4.72. The van der Waals surface area contributed by atoms with E-state index in [1.807, 2.05) is 6.92 Å². The minimum Gasteiger partial charge on any atom is -1.00 e. The molecular formula is C16H31NaO7S. The Labute approximate surface area is 174 Å². The zero-order chi connectivity index (χ0) is 18.4. The van der Waals surface area contributed by atoms with Crippen molar-refractivity contribution in [3.8, 4) is 0 Å². The van der Waals surface area contributed by atoms with Crippen molar-refractivity contribution in [2.75, 3.05) is 13.2 Å². The SMILES string of the molecule is CCCCCCOC(=O)CC(C(=O)OCCCCCC)S(=O)(=O)O.[H-].[Na+]. The Morgan fingerprint density at radius 3 is 1.84 bits per heavy atom. The number of esters is 2. The predicted octanol–water partition coefficient (Wildman–Crippen LogP) is -0.00360. The van der Waals surface area contributed by atoms with Crippen LogP contribution in [0.5, 0.6) is 0 Å². The Balaban J connectivity index is -0.00000264. The van der Waals surface area contributed by atoms with Gasteiger partial charge in [-0.05, 0) is 12.8 Å². The molecular weight excluding hydrogens is 359 g/mol. The van der Waals surface area contributed by atoms with Gasteiger partial charge in [0.25, 0.3) is 10.1 Å². The first-order valence-electron chi connectivity index (χ1n) is 8.61. The van der Waals surface area contributed by atoms with Crippen LogP contribution in [0.15, 0.2) is 0 Å². The third kappa shape index (κ3) is 14.7. The fraction of sp³-hybridized carbons (Fsp3) is 0.875. The van der Waals surface area contributed by atoms with Gasteiger partial charge >= 0.3 is 41.5 Å². The summed E-state index contributed by atoms with van der Waals surface area (Å²) in [5.41, 5.74) is 0. The van der Waals surface area contributed by atoms with Crippen molar-refractivity contribution >= 4 is 22.1 Å². The Hall–Kier alpha value is -0.150. The third-order valence-corrected chi connectivity index (χ3v) is 4.56. The molecule has 144 valence electrons. The molecule has 1 unspecified atom stereocenters. The molecule has 0 radical (unpaired) electrons. The van der Waals surface area contributed by atoms with E-state index in [0.29, 0.717) is 12.8 Å². The van der Waals surface area contributed by atoms with Gasteiger partial charge in [-0.1, -0.05) is 52.4 Å². The second-order valence-electron chi connectivity index (χ2n) is 5.72. The van der Waals surface area contributed by atoms with Gasteiger partial charge in [0.2, 0.25) is 0 Å². The van der Waals surface area contributed by atoms with Crippen molar-refractivity contribution in [2.45, 2.75) is 76.9 Å². The summed E-state index contributed by atoms with van der Waals surface area (Å²) in [6.07, 6.45) is 6.40. The van der Waals surface area contributed by atoms with Crippen LogP contribution in [-0.2, 0) is 29.2 Å². The van der Waals surface area contributed by atoms with Crippen LogP contribution in [-0.4, -0.2) is 43.4 Å². The standard InChI is InChI=1S/C16H30O7S.Na.H/c1-3-5-7-9-11-22-15(17)13-14(24(19,20)21)16(18)23-12-10-8-6-4-2;;/h14H,3-13H2,1-2H3,(H,19,20,21);;/q;+1;-1. The molecule has 0 heterocycles. The van der Waals surface area contributed by atoms with E-state index in [4.69, 9.17) is 14.0 Å². The molecule has 7 nitrogen and oxygen atoms in total. The summed E-state index contributed by atoms with van der Waals surface area (Å²) in [6.45, 7) is 4.32. The van der Waals surface area contributed by atoms with Gasteiger partial charge in [0, 0.05) is 0 Å². The molecule has 0 saturated carbocycles. The number of ether oxygens (including phenoxy) is 2. The molecule has 0 amide bonds. The monoisotopic (exact) mass is 390 g/mol. The maximum atomic E-state index is 11.8. The van der Waals surface area contributed by atoms with Crippen LogP contribution in [0.2, 0.25) is 0 Å². The molecule has 9 heteroatoms. The Morgan fingerprint density at radius 2 is 1.40 bits per heavy atom. The smallest absolute Gasteiger partial charge is 1.00 e. The molecule has 0 aliphatic carbocycles. The van der Waals surface area contributed by atoms with Crippen LogP contribution in [0.1, 0.15) is 73.1 Å². The van der Waals surface area contributed by atoms with E-state index in [2.05, 4.69) is 6.92 Å². The van der Waals surface area contributed by atoms with E-state index >= 15 is 0 Å². The van der Waals surface area contributed by atoms with Gasteiger partial charge in [-0.2, -0.15) is 8.42 Å². The first-order chi connectivity index (χ1) is 11.3. The van der Waals surface area contributed by atoms with Gasteiger partial charge < -0.3 is 10.9 Å². The molecule has 25 heavy (non-hydrogen) atoms. The Bertz CT molecular complexity index is 471. The molecule has 1 atom stereocenters. The van der Waals surface area contributed by atoms with Gasteiger partial charge in [-0.3, -0.25) is 14.1 Å². The first-order valence-corrected chi connectivity index (χ1v) is 10.1. The minimum absolute atomic E-state index is 0. The van der Waals surface area contributed by atoms with Gasteiger partial charge in [0.15, 0.2) is 5.25 Å². The van der Waals surface area contributed by atoms with Crippen molar-refractivity contribution in [2.24, 2.45) is 0 Å². The second-order valence-corrected chi connectivity index (χ2v) is 7.32. The number of rotatable bonds is 14. The molecule has 0 bridgehead atoms. The van der Waals surface area contributed by atoms with Crippen molar-refractivity contribution < 1.29 is 63.0 Å². The molecule has 0 aromatic rings. The van der Waals surface area contributed by atoms with Gasteiger partial charge in [-0.25, -0.2) is 0 Å². The molecule has 0 aromatic heterocycles. The fourth-order valence-electron chi connectivity index (χ4n) is 2.03. The van der Waals surface area contributed by atoms with Gasteiger partial charge in [0.05, 0.1) is 19.6 Å². The summed E-state index contributed by atoms with van der Waals surface area (Å²) < 4.78 is 41.5. The third-order valence-electron chi connectivity index (χ3n) is 3.48.